The fourth-order valence-corrected chi connectivity index (χ4v) is 2.23. The molecule has 1 aromatic heterocycles. The molecule has 1 aliphatic heterocycles. The average Bonchev–Trinajstić information content (AvgIpc) is 2.29. The van der Waals surface area contributed by atoms with Gasteiger partial charge in [0.2, 0.25) is 0 Å². The summed E-state index contributed by atoms with van der Waals surface area (Å²) in [4.78, 5) is 5.78. The maximum Gasteiger partial charge on any atom is 0.417 e. The van der Waals surface area contributed by atoms with Crippen LogP contribution in [0.2, 0.25) is 5.02 Å². The van der Waals surface area contributed by atoms with Gasteiger partial charge in [-0.2, -0.15) is 13.2 Å². The molecule has 1 fully saturated rings. The Morgan fingerprint density at radius 1 is 1.50 bits per heavy atom. The molecule has 3 nitrogen and oxygen atoms in total. The minimum atomic E-state index is -4.41. The molecule has 0 radical (unpaired) electrons. The Hall–Kier alpha value is -1.01. The van der Waals surface area contributed by atoms with Crippen molar-refractivity contribution in [2.45, 2.75) is 19.1 Å². The summed E-state index contributed by atoms with van der Waals surface area (Å²) in [5.74, 6) is 0.415. The SMILES string of the molecule is C[C@@H]1CNCCN1c1ncc(C(F)(F)F)cc1Cl. The molecule has 0 aromatic carbocycles. The summed E-state index contributed by atoms with van der Waals surface area (Å²) in [6.45, 7) is 4.18. The Bertz CT molecular complexity index is 436. The third kappa shape index (κ3) is 2.70. The van der Waals surface area contributed by atoms with Gasteiger partial charge in [-0.25, -0.2) is 4.98 Å². The Labute approximate surface area is 108 Å². The number of piperazine rings is 1. The number of rotatable bonds is 1. The van der Waals surface area contributed by atoms with Gasteiger partial charge < -0.3 is 10.2 Å². The Kier molecular flexibility index (Phi) is 3.68. The van der Waals surface area contributed by atoms with Crippen molar-refractivity contribution in [1.82, 2.24) is 10.3 Å². The minimum Gasteiger partial charge on any atom is -0.350 e. The molecule has 0 unspecified atom stereocenters. The van der Waals surface area contributed by atoms with Crippen molar-refractivity contribution >= 4 is 17.4 Å². The molecule has 2 rings (SSSR count). The second-order valence-electron chi connectivity index (χ2n) is 4.27. The lowest BCUT2D eigenvalue weighted by Gasteiger charge is -2.35. The van der Waals surface area contributed by atoms with Gasteiger partial charge in [-0.3, -0.25) is 0 Å². The predicted octanol–water partition coefficient (Wildman–Crippen LogP) is 2.55. The average molecular weight is 280 g/mol. The molecule has 0 amide bonds. The molecule has 1 saturated heterocycles. The second kappa shape index (κ2) is 4.93. The van der Waals surface area contributed by atoms with E-state index in [2.05, 4.69) is 10.3 Å². The van der Waals surface area contributed by atoms with Crippen molar-refractivity contribution in [2.24, 2.45) is 0 Å². The molecule has 0 spiro atoms. The highest BCUT2D eigenvalue weighted by atomic mass is 35.5. The molecule has 18 heavy (non-hydrogen) atoms. The quantitative estimate of drug-likeness (QED) is 0.856. The minimum absolute atomic E-state index is 0.0403. The molecule has 0 bridgehead atoms. The molecule has 1 aliphatic rings. The highest BCUT2D eigenvalue weighted by molar-refractivity contribution is 6.33. The molecule has 7 heteroatoms. The van der Waals surface area contributed by atoms with Crippen LogP contribution in [0.1, 0.15) is 12.5 Å². The summed E-state index contributed by atoms with van der Waals surface area (Å²) in [6.07, 6.45) is -3.58. The summed E-state index contributed by atoms with van der Waals surface area (Å²) >= 11 is 5.91. The lowest BCUT2D eigenvalue weighted by atomic mass is 10.2. The number of halogens is 4. The molecule has 1 N–H and O–H groups in total. The molecule has 0 saturated carbocycles. The predicted molar refractivity (Wildman–Crippen MR) is 63.9 cm³/mol. The van der Waals surface area contributed by atoms with E-state index in [1.807, 2.05) is 11.8 Å². The lowest BCUT2D eigenvalue weighted by Crippen LogP contribution is -2.50. The van der Waals surface area contributed by atoms with Crippen molar-refractivity contribution in [3.63, 3.8) is 0 Å². The zero-order valence-electron chi connectivity index (χ0n) is 9.76. The first kappa shape index (κ1) is 13.4. The number of pyridine rings is 1. The van der Waals surface area contributed by atoms with Crippen LogP contribution in [0.15, 0.2) is 12.3 Å². The topological polar surface area (TPSA) is 28.2 Å². The molecule has 0 aliphatic carbocycles. The van der Waals surface area contributed by atoms with E-state index in [1.54, 1.807) is 0 Å². The summed E-state index contributed by atoms with van der Waals surface area (Å²) in [6, 6.07) is 1.08. The number of alkyl halides is 3. The van der Waals surface area contributed by atoms with Crippen LogP contribution in [-0.2, 0) is 6.18 Å². The Morgan fingerprint density at radius 2 is 2.22 bits per heavy atom. The molecule has 1 atom stereocenters. The molecule has 100 valence electrons. The fourth-order valence-electron chi connectivity index (χ4n) is 1.95. The summed E-state index contributed by atoms with van der Waals surface area (Å²) < 4.78 is 37.5. The number of nitrogens with zero attached hydrogens (tertiary/aromatic N) is 2. The normalized spacial score (nSPS) is 21.2. The summed E-state index contributed by atoms with van der Waals surface area (Å²) in [5.41, 5.74) is -0.820. The maximum atomic E-state index is 12.5. The molecular weight excluding hydrogens is 267 g/mol. The van der Waals surface area contributed by atoms with Gasteiger partial charge in [-0.1, -0.05) is 11.6 Å². The van der Waals surface area contributed by atoms with E-state index in [0.717, 1.165) is 25.4 Å². The third-order valence-corrected chi connectivity index (χ3v) is 3.20. The van der Waals surface area contributed by atoms with Crippen LogP contribution in [0, 0.1) is 0 Å². The first-order valence-electron chi connectivity index (χ1n) is 5.59. The van der Waals surface area contributed by atoms with Crippen molar-refractivity contribution in [3.05, 3.63) is 22.8 Å². The smallest absolute Gasteiger partial charge is 0.350 e. The number of aromatic nitrogens is 1. The van der Waals surface area contributed by atoms with Gasteiger partial charge in [0.05, 0.1) is 10.6 Å². The van der Waals surface area contributed by atoms with Gasteiger partial charge in [0.1, 0.15) is 5.82 Å². The van der Waals surface area contributed by atoms with Crippen molar-refractivity contribution in [3.8, 4) is 0 Å². The second-order valence-corrected chi connectivity index (χ2v) is 4.68. The van der Waals surface area contributed by atoms with E-state index in [0.29, 0.717) is 12.4 Å². The van der Waals surface area contributed by atoms with E-state index in [4.69, 9.17) is 11.6 Å². The van der Waals surface area contributed by atoms with E-state index < -0.39 is 11.7 Å². The summed E-state index contributed by atoms with van der Waals surface area (Å²) in [7, 11) is 0. The van der Waals surface area contributed by atoms with Gasteiger partial charge in [0.15, 0.2) is 0 Å². The molecule has 2 heterocycles. The van der Waals surface area contributed by atoms with Crippen LogP contribution < -0.4 is 10.2 Å². The lowest BCUT2D eigenvalue weighted by molar-refractivity contribution is -0.137. The number of anilines is 1. The Balaban J connectivity index is 2.29. The zero-order chi connectivity index (χ0) is 13.3. The fraction of sp³-hybridized carbons (Fsp3) is 0.545. The van der Waals surface area contributed by atoms with Crippen LogP contribution in [0.5, 0.6) is 0 Å². The number of hydrogen-bond donors (Lipinski definition) is 1. The highest BCUT2D eigenvalue weighted by Crippen LogP contribution is 2.34. The molecular formula is C11H13ClF3N3. The third-order valence-electron chi connectivity index (χ3n) is 2.92. The summed E-state index contributed by atoms with van der Waals surface area (Å²) in [5, 5.41) is 3.24. The van der Waals surface area contributed by atoms with Crippen LogP contribution in [-0.4, -0.2) is 30.7 Å². The van der Waals surface area contributed by atoms with Crippen molar-refractivity contribution in [1.29, 1.82) is 0 Å². The van der Waals surface area contributed by atoms with Crippen molar-refractivity contribution < 1.29 is 13.2 Å². The van der Waals surface area contributed by atoms with Gasteiger partial charge in [-0.15, -0.1) is 0 Å². The highest BCUT2D eigenvalue weighted by Gasteiger charge is 2.32. The number of hydrogen-bond acceptors (Lipinski definition) is 3. The molecule has 1 aromatic rings. The van der Waals surface area contributed by atoms with Crippen LogP contribution in [0.4, 0.5) is 19.0 Å². The van der Waals surface area contributed by atoms with E-state index in [-0.39, 0.29) is 11.1 Å². The van der Waals surface area contributed by atoms with E-state index in [1.165, 1.54) is 0 Å². The monoisotopic (exact) mass is 279 g/mol. The van der Waals surface area contributed by atoms with Crippen LogP contribution in [0.25, 0.3) is 0 Å². The van der Waals surface area contributed by atoms with Crippen LogP contribution in [0.3, 0.4) is 0 Å². The van der Waals surface area contributed by atoms with Gasteiger partial charge >= 0.3 is 6.18 Å². The maximum absolute atomic E-state index is 12.5. The Morgan fingerprint density at radius 3 is 2.78 bits per heavy atom. The van der Waals surface area contributed by atoms with Crippen LogP contribution >= 0.6 is 11.6 Å². The zero-order valence-corrected chi connectivity index (χ0v) is 10.5. The largest absolute Gasteiger partial charge is 0.417 e. The first-order valence-corrected chi connectivity index (χ1v) is 5.97. The standard InChI is InChI=1S/C11H13ClF3N3/c1-7-5-16-2-3-18(7)10-9(12)4-8(6-17-10)11(13,14)15/h4,6-7,16H,2-3,5H2,1H3/t7-/m1/s1. The van der Waals surface area contributed by atoms with Gasteiger partial charge in [-0.05, 0) is 13.0 Å². The van der Waals surface area contributed by atoms with E-state index in [9.17, 15) is 13.2 Å². The number of nitrogens with one attached hydrogen (secondary N) is 1. The first-order chi connectivity index (χ1) is 8.39. The van der Waals surface area contributed by atoms with Gasteiger partial charge in [0, 0.05) is 31.9 Å². The van der Waals surface area contributed by atoms with E-state index >= 15 is 0 Å². The van der Waals surface area contributed by atoms with Crippen molar-refractivity contribution in [2.75, 3.05) is 24.5 Å². The van der Waals surface area contributed by atoms with Gasteiger partial charge in [0.25, 0.3) is 0 Å².